The van der Waals surface area contributed by atoms with Gasteiger partial charge < -0.3 is 15.5 Å². The summed E-state index contributed by atoms with van der Waals surface area (Å²) in [7, 11) is 0. The molecule has 3 fully saturated rings. The van der Waals surface area contributed by atoms with Gasteiger partial charge in [0, 0.05) is 5.56 Å². The molecule has 8 nitrogen and oxygen atoms in total. The van der Waals surface area contributed by atoms with E-state index in [9.17, 15) is 22.8 Å². The summed E-state index contributed by atoms with van der Waals surface area (Å²) in [6.07, 6.45) is 0.480. The number of primary amides is 1. The number of nitrogens with zero attached hydrogens (tertiary/aromatic N) is 5. The molecule has 13 heteroatoms. The summed E-state index contributed by atoms with van der Waals surface area (Å²) in [6, 6.07) is 4.84. The van der Waals surface area contributed by atoms with Crippen molar-refractivity contribution in [1.29, 1.82) is 5.26 Å². The lowest BCUT2D eigenvalue weighted by Crippen LogP contribution is -2.55. The Labute approximate surface area is 233 Å². The number of likely N-dealkylation sites (tertiary alicyclic amines) is 1. The van der Waals surface area contributed by atoms with Crippen LogP contribution in [-0.2, 0) is 17.4 Å². The molecule has 1 aromatic heterocycles. The highest BCUT2D eigenvalue weighted by atomic mass is 32.1. The number of carbonyl (C=O) groups excluding carboxylic acids is 2. The van der Waals surface area contributed by atoms with Gasteiger partial charge in [0.15, 0.2) is 10.8 Å². The molecule has 0 radical (unpaired) electrons. The van der Waals surface area contributed by atoms with Crippen molar-refractivity contribution in [3.05, 3.63) is 52.6 Å². The number of halogens is 4. The first-order chi connectivity index (χ1) is 19.0. The van der Waals surface area contributed by atoms with Gasteiger partial charge in [-0.15, -0.1) is 0 Å². The van der Waals surface area contributed by atoms with Crippen molar-refractivity contribution in [1.82, 2.24) is 9.88 Å². The fourth-order valence-corrected chi connectivity index (χ4v) is 6.26. The quantitative estimate of drug-likeness (QED) is 0.388. The van der Waals surface area contributed by atoms with E-state index < -0.39 is 40.6 Å². The molecule has 2 amide bonds. The van der Waals surface area contributed by atoms with Crippen molar-refractivity contribution >= 4 is 40.5 Å². The van der Waals surface area contributed by atoms with Gasteiger partial charge in [-0.2, -0.15) is 18.4 Å². The van der Waals surface area contributed by atoms with Crippen LogP contribution in [0.3, 0.4) is 0 Å². The minimum Gasteiger partial charge on any atom is -0.366 e. The monoisotopic (exact) mass is 574 g/mol. The van der Waals surface area contributed by atoms with Crippen LogP contribution < -0.4 is 15.5 Å². The van der Waals surface area contributed by atoms with Gasteiger partial charge >= 0.3 is 6.18 Å². The zero-order chi connectivity index (χ0) is 28.8. The molecule has 1 spiro atoms. The number of benzene rings is 1. The number of rotatable bonds is 7. The number of pyridine rings is 1. The van der Waals surface area contributed by atoms with Crippen LogP contribution in [0.2, 0.25) is 0 Å². The number of hydrogen-bond acceptors (Lipinski definition) is 6. The Morgan fingerprint density at radius 1 is 1.20 bits per heavy atom. The average molecular weight is 575 g/mol. The third kappa shape index (κ3) is 4.58. The van der Waals surface area contributed by atoms with E-state index in [0.717, 1.165) is 43.6 Å². The molecule has 1 saturated carbocycles. The van der Waals surface area contributed by atoms with Gasteiger partial charge in [-0.25, -0.2) is 9.37 Å². The molecular formula is C27H26F4N6O2S. The molecule has 2 aromatic rings. The maximum atomic E-state index is 15.8. The highest BCUT2D eigenvalue weighted by Gasteiger charge is 2.60. The Balaban J connectivity index is 1.57. The van der Waals surface area contributed by atoms with Gasteiger partial charge in [-0.3, -0.25) is 14.5 Å². The summed E-state index contributed by atoms with van der Waals surface area (Å²) < 4.78 is 56.8. The van der Waals surface area contributed by atoms with Crippen LogP contribution in [0, 0.1) is 17.1 Å². The van der Waals surface area contributed by atoms with Crippen molar-refractivity contribution in [3.63, 3.8) is 0 Å². The second-order valence-electron chi connectivity index (χ2n) is 10.3. The summed E-state index contributed by atoms with van der Waals surface area (Å²) >= 11 is 5.67. The van der Waals surface area contributed by atoms with Gasteiger partial charge in [-0.1, -0.05) is 0 Å². The third-order valence-electron chi connectivity index (χ3n) is 7.96. The highest BCUT2D eigenvalue weighted by Crippen LogP contribution is 2.49. The number of nitrogens with two attached hydrogens (primary N) is 1. The first-order valence-corrected chi connectivity index (χ1v) is 13.4. The van der Waals surface area contributed by atoms with Crippen LogP contribution in [0.5, 0.6) is 0 Å². The molecule has 0 atom stereocenters. The van der Waals surface area contributed by atoms with Crippen LogP contribution in [-0.4, -0.2) is 52.0 Å². The van der Waals surface area contributed by atoms with Gasteiger partial charge in [0.05, 0.1) is 28.7 Å². The Hall–Kier alpha value is -3.63. The lowest BCUT2D eigenvalue weighted by Gasteiger charge is -2.43. The SMILES string of the molecule is N#Cc1ncc(N2C(=O)C3(CCC3)N(c3ccc(C(N)=O)c(F)c3CCCN3CCCC3)C2=S)cc1C(F)(F)F. The van der Waals surface area contributed by atoms with E-state index >= 15 is 4.39 Å². The zero-order valence-electron chi connectivity index (χ0n) is 21.4. The highest BCUT2D eigenvalue weighted by molar-refractivity contribution is 7.81. The fourth-order valence-electron chi connectivity index (χ4n) is 5.80. The Bertz CT molecular complexity index is 1430. The molecule has 0 bridgehead atoms. The van der Waals surface area contributed by atoms with E-state index in [-0.39, 0.29) is 34.0 Å². The molecule has 0 unspecified atom stereocenters. The average Bonchev–Trinajstić information content (AvgIpc) is 3.47. The summed E-state index contributed by atoms with van der Waals surface area (Å²) in [5, 5.41) is 8.99. The number of aromatic nitrogens is 1. The molecule has 2 saturated heterocycles. The summed E-state index contributed by atoms with van der Waals surface area (Å²) in [5.74, 6) is -2.28. The topological polar surface area (TPSA) is 107 Å². The third-order valence-corrected chi connectivity index (χ3v) is 8.33. The molecule has 5 rings (SSSR count). The number of nitriles is 1. The van der Waals surface area contributed by atoms with E-state index in [4.69, 9.17) is 23.2 Å². The Morgan fingerprint density at radius 3 is 2.48 bits per heavy atom. The summed E-state index contributed by atoms with van der Waals surface area (Å²) in [4.78, 5) is 34.2. The van der Waals surface area contributed by atoms with E-state index in [1.807, 2.05) is 0 Å². The number of hydrogen-bond donors (Lipinski definition) is 1. The van der Waals surface area contributed by atoms with Crippen molar-refractivity contribution in [3.8, 4) is 6.07 Å². The van der Waals surface area contributed by atoms with Crippen LogP contribution >= 0.6 is 12.2 Å². The summed E-state index contributed by atoms with van der Waals surface area (Å²) in [6.45, 7) is 2.63. The summed E-state index contributed by atoms with van der Waals surface area (Å²) in [5.41, 5.74) is 2.01. The van der Waals surface area contributed by atoms with Gasteiger partial charge in [0.1, 0.15) is 17.4 Å². The lowest BCUT2D eigenvalue weighted by molar-refractivity contribution is -0.138. The smallest absolute Gasteiger partial charge is 0.366 e. The van der Waals surface area contributed by atoms with Gasteiger partial charge in [-0.05, 0) is 95.0 Å². The zero-order valence-corrected chi connectivity index (χ0v) is 22.2. The number of thiocarbonyl (C=S) groups is 1. The standard InChI is InChI=1S/C27H26F4N6O2S/c28-22-17(5-3-12-35-10-1-2-11-35)21(7-6-18(22)23(33)38)37-25(40)36(24(39)26(37)8-4-9-26)16-13-19(27(29,30)31)20(14-32)34-15-16/h6-7,13,15H,1-5,8-12H2,(H2,33,38). The van der Waals surface area contributed by atoms with E-state index in [1.54, 1.807) is 0 Å². The first-order valence-electron chi connectivity index (χ1n) is 13.0. The predicted octanol–water partition coefficient (Wildman–Crippen LogP) is 4.30. The van der Waals surface area contributed by atoms with Gasteiger partial charge in [0.2, 0.25) is 0 Å². The number of amides is 2. The molecule has 2 N–H and O–H groups in total. The van der Waals surface area contributed by atoms with Crippen molar-refractivity contribution in [2.75, 3.05) is 29.4 Å². The number of carbonyl (C=O) groups is 2. The fraction of sp³-hybridized carbons (Fsp3) is 0.444. The first kappa shape index (κ1) is 27.9. The van der Waals surface area contributed by atoms with Gasteiger partial charge in [0.25, 0.3) is 11.8 Å². The van der Waals surface area contributed by atoms with Crippen molar-refractivity contribution < 1.29 is 27.2 Å². The largest absolute Gasteiger partial charge is 0.419 e. The molecule has 210 valence electrons. The van der Waals surface area contributed by atoms with E-state index in [0.29, 0.717) is 31.7 Å². The minimum absolute atomic E-state index is 0.128. The van der Waals surface area contributed by atoms with Crippen LogP contribution in [0.4, 0.5) is 28.9 Å². The lowest BCUT2D eigenvalue weighted by atomic mass is 9.75. The molecule has 1 aliphatic carbocycles. The molecule has 2 aliphatic heterocycles. The normalized spacial score (nSPS) is 18.9. The molecule has 3 heterocycles. The minimum atomic E-state index is -4.89. The number of alkyl halides is 3. The Morgan fingerprint density at radius 2 is 1.90 bits per heavy atom. The van der Waals surface area contributed by atoms with Crippen LogP contribution in [0.15, 0.2) is 24.4 Å². The van der Waals surface area contributed by atoms with E-state index in [1.165, 1.54) is 23.1 Å². The maximum absolute atomic E-state index is 15.8. The van der Waals surface area contributed by atoms with Crippen LogP contribution in [0.1, 0.15) is 65.7 Å². The Kier molecular flexibility index (Phi) is 7.26. The van der Waals surface area contributed by atoms with Crippen molar-refractivity contribution in [2.45, 2.75) is 56.7 Å². The molecule has 1 aromatic carbocycles. The molecule has 3 aliphatic rings. The predicted molar refractivity (Wildman–Crippen MR) is 142 cm³/mol. The molecular weight excluding hydrogens is 548 g/mol. The maximum Gasteiger partial charge on any atom is 0.419 e. The number of anilines is 2. The molecule has 40 heavy (non-hydrogen) atoms. The van der Waals surface area contributed by atoms with Crippen molar-refractivity contribution in [2.24, 2.45) is 5.73 Å². The van der Waals surface area contributed by atoms with E-state index in [2.05, 4.69) is 9.88 Å². The second kappa shape index (κ2) is 10.4. The second-order valence-corrected chi connectivity index (χ2v) is 10.6. The van der Waals surface area contributed by atoms with Crippen LogP contribution in [0.25, 0.3) is 0 Å².